The van der Waals surface area contributed by atoms with Gasteiger partial charge in [0.1, 0.15) is 0 Å². The van der Waals surface area contributed by atoms with Crippen LogP contribution in [-0.2, 0) is 0 Å². The largest absolute Gasteiger partial charge is 0.488 e. The lowest BCUT2D eigenvalue weighted by Gasteiger charge is -1.94. The Balaban J connectivity index is 0.000000165. The maximum Gasteiger partial charge on any atom is 0.488 e. The fourth-order valence-electron chi connectivity index (χ4n) is 1.04. The molecule has 82 valence electrons. The second-order valence-corrected chi connectivity index (χ2v) is 4.33. The van der Waals surface area contributed by atoms with Crippen LogP contribution in [0.1, 0.15) is 0 Å². The molecule has 0 heterocycles. The van der Waals surface area contributed by atoms with Gasteiger partial charge >= 0.3 is 7.12 Å². The fraction of sp³-hybridized carbons (Fsp3) is 0. The molecule has 2 aromatic rings. The maximum absolute atomic E-state index is 8.58. The zero-order valence-corrected chi connectivity index (χ0v) is 10.8. The zero-order valence-electron chi connectivity index (χ0n) is 8.62. The molecular weight excluding hydrogens is 314 g/mol. The number of benzene rings is 2. The van der Waals surface area contributed by atoms with Crippen LogP contribution in [0.4, 0.5) is 0 Å². The number of hydrogen-bond acceptors (Lipinski definition) is 2. The molecule has 2 aromatic carbocycles. The Labute approximate surface area is 109 Å². The van der Waals surface area contributed by atoms with Crippen molar-refractivity contribution in [1.29, 1.82) is 0 Å². The van der Waals surface area contributed by atoms with Crippen LogP contribution in [0.15, 0.2) is 60.7 Å². The highest BCUT2D eigenvalue weighted by Gasteiger charge is 2.07. The Bertz CT molecular complexity index is 392. The maximum atomic E-state index is 8.58. The first kappa shape index (κ1) is 13.2. The summed E-state index contributed by atoms with van der Waals surface area (Å²) in [5.74, 6) is 0. The molecule has 2 rings (SSSR count). The van der Waals surface area contributed by atoms with Gasteiger partial charge in [0.15, 0.2) is 0 Å². The van der Waals surface area contributed by atoms with Crippen molar-refractivity contribution in [2.75, 3.05) is 0 Å². The quantitative estimate of drug-likeness (QED) is 0.618. The second kappa shape index (κ2) is 7.43. The summed E-state index contributed by atoms with van der Waals surface area (Å²) in [4.78, 5) is 0. The number of hydrogen-bond donors (Lipinski definition) is 2. The van der Waals surface area contributed by atoms with Gasteiger partial charge in [-0.2, -0.15) is 0 Å². The Hall–Kier alpha value is -0.845. The molecule has 0 aliphatic rings. The van der Waals surface area contributed by atoms with E-state index >= 15 is 0 Å². The molecule has 0 aliphatic heterocycles. The zero-order chi connectivity index (χ0) is 11.8. The van der Waals surface area contributed by atoms with Crippen LogP contribution in [0, 0.1) is 3.57 Å². The lowest BCUT2D eigenvalue weighted by atomic mass is 9.81. The molecule has 16 heavy (non-hydrogen) atoms. The van der Waals surface area contributed by atoms with Crippen molar-refractivity contribution in [3.8, 4) is 0 Å². The average Bonchev–Trinajstić information content (AvgIpc) is 2.32. The van der Waals surface area contributed by atoms with Gasteiger partial charge < -0.3 is 10.0 Å². The molecule has 0 bridgehead atoms. The molecule has 0 radical (unpaired) electrons. The fourth-order valence-corrected chi connectivity index (χ4v) is 1.46. The number of halogens is 1. The van der Waals surface area contributed by atoms with Gasteiger partial charge in [-0.3, -0.25) is 0 Å². The predicted octanol–water partition coefficient (Wildman–Crippen LogP) is 1.66. The van der Waals surface area contributed by atoms with Crippen molar-refractivity contribution in [3.05, 3.63) is 64.2 Å². The molecule has 0 aromatic heterocycles. The summed E-state index contributed by atoms with van der Waals surface area (Å²) < 4.78 is 1.29. The van der Waals surface area contributed by atoms with Crippen molar-refractivity contribution in [2.45, 2.75) is 0 Å². The van der Waals surface area contributed by atoms with E-state index in [1.807, 2.05) is 24.3 Å². The van der Waals surface area contributed by atoms with Gasteiger partial charge in [-0.25, -0.2) is 0 Å². The molecule has 0 spiro atoms. The predicted molar refractivity (Wildman–Crippen MR) is 75.4 cm³/mol. The third kappa shape index (κ3) is 5.30. The van der Waals surface area contributed by atoms with Gasteiger partial charge in [-0.1, -0.05) is 48.5 Å². The summed E-state index contributed by atoms with van der Waals surface area (Å²) >= 11 is 2.28. The van der Waals surface area contributed by atoms with Crippen LogP contribution in [0.25, 0.3) is 0 Å². The van der Waals surface area contributed by atoms with Crippen LogP contribution >= 0.6 is 22.6 Å². The molecule has 0 aliphatic carbocycles. The monoisotopic (exact) mass is 326 g/mol. The van der Waals surface area contributed by atoms with Crippen LogP contribution in [-0.4, -0.2) is 17.2 Å². The highest BCUT2D eigenvalue weighted by molar-refractivity contribution is 14.1. The van der Waals surface area contributed by atoms with Gasteiger partial charge in [0.25, 0.3) is 0 Å². The van der Waals surface area contributed by atoms with Crippen molar-refractivity contribution in [2.24, 2.45) is 0 Å². The van der Waals surface area contributed by atoms with E-state index in [1.54, 1.807) is 24.3 Å². The minimum absolute atomic E-state index is 0.525. The molecule has 0 saturated heterocycles. The summed E-state index contributed by atoms with van der Waals surface area (Å²) in [7, 11) is -1.34. The van der Waals surface area contributed by atoms with E-state index in [0.717, 1.165) is 0 Å². The Kier molecular flexibility index (Phi) is 6.14. The summed E-state index contributed by atoms with van der Waals surface area (Å²) in [6, 6.07) is 18.9. The van der Waals surface area contributed by atoms with Crippen LogP contribution in [0.2, 0.25) is 0 Å². The van der Waals surface area contributed by atoms with E-state index in [-0.39, 0.29) is 0 Å². The van der Waals surface area contributed by atoms with Gasteiger partial charge in [-0.05, 0) is 40.2 Å². The number of rotatable bonds is 1. The van der Waals surface area contributed by atoms with Crippen LogP contribution in [0.5, 0.6) is 0 Å². The SMILES string of the molecule is Ic1ccccc1.OB(O)c1ccccc1. The first-order chi connectivity index (χ1) is 7.70. The van der Waals surface area contributed by atoms with Gasteiger partial charge in [0.05, 0.1) is 0 Å². The summed E-state index contributed by atoms with van der Waals surface area (Å²) in [6.07, 6.45) is 0. The minimum atomic E-state index is -1.34. The van der Waals surface area contributed by atoms with E-state index < -0.39 is 7.12 Å². The van der Waals surface area contributed by atoms with Crippen LogP contribution in [0.3, 0.4) is 0 Å². The standard InChI is InChI=1S/C6H7BO2.C6H5I/c8-7(9)6-4-2-1-3-5-6;7-6-4-2-1-3-5-6/h1-5,8-9H;1-5H. The Morgan fingerprint density at radius 1 is 0.750 bits per heavy atom. The molecule has 0 fully saturated rings. The van der Waals surface area contributed by atoms with Crippen molar-refractivity contribution in [3.63, 3.8) is 0 Å². The van der Waals surface area contributed by atoms with E-state index in [1.165, 1.54) is 3.57 Å². The molecule has 2 N–H and O–H groups in total. The molecular formula is C12H12BIO2. The molecule has 4 heteroatoms. The van der Waals surface area contributed by atoms with Crippen molar-refractivity contribution >= 4 is 35.2 Å². The second-order valence-electron chi connectivity index (χ2n) is 3.08. The lowest BCUT2D eigenvalue weighted by molar-refractivity contribution is 0.426. The topological polar surface area (TPSA) is 40.5 Å². The van der Waals surface area contributed by atoms with Gasteiger partial charge in [0, 0.05) is 3.57 Å². The Morgan fingerprint density at radius 3 is 1.44 bits per heavy atom. The minimum Gasteiger partial charge on any atom is -0.423 e. The molecule has 2 nitrogen and oxygen atoms in total. The third-order valence-electron chi connectivity index (χ3n) is 1.83. The molecule has 0 amide bonds. The Morgan fingerprint density at radius 2 is 1.19 bits per heavy atom. The van der Waals surface area contributed by atoms with Crippen LogP contribution < -0.4 is 5.46 Å². The van der Waals surface area contributed by atoms with Gasteiger partial charge in [0.2, 0.25) is 0 Å². The lowest BCUT2D eigenvalue weighted by Crippen LogP contribution is -2.29. The highest BCUT2D eigenvalue weighted by Crippen LogP contribution is 1.99. The average molecular weight is 326 g/mol. The molecule has 0 atom stereocenters. The normalized spacial score (nSPS) is 8.94. The first-order valence-electron chi connectivity index (χ1n) is 4.82. The molecule has 0 unspecified atom stereocenters. The van der Waals surface area contributed by atoms with Gasteiger partial charge in [-0.15, -0.1) is 0 Å². The summed E-state index contributed by atoms with van der Waals surface area (Å²) in [5.41, 5.74) is 0.525. The molecule has 0 saturated carbocycles. The first-order valence-corrected chi connectivity index (χ1v) is 5.89. The van der Waals surface area contributed by atoms with Crippen molar-refractivity contribution < 1.29 is 10.0 Å². The third-order valence-corrected chi connectivity index (χ3v) is 2.55. The summed E-state index contributed by atoms with van der Waals surface area (Å²) in [6.45, 7) is 0. The van der Waals surface area contributed by atoms with Crippen molar-refractivity contribution in [1.82, 2.24) is 0 Å². The van der Waals surface area contributed by atoms with E-state index in [9.17, 15) is 0 Å². The van der Waals surface area contributed by atoms with E-state index in [4.69, 9.17) is 10.0 Å². The van der Waals surface area contributed by atoms with E-state index in [2.05, 4.69) is 34.7 Å². The van der Waals surface area contributed by atoms with E-state index in [0.29, 0.717) is 5.46 Å². The smallest absolute Gasteiger partial charge is 0.423 e. The highest BCUT2D eigenvalue weighted by atomic mass is 127. The summed E-state index contributed by atoms with van der Waals surface area (Å²) in [5, 5.41) is 17.2.